The Morgan fingerprint density at radius 1 is 1.67 bits per heavy atom. The van der Waals surface area contributed by atoms with Crippen molar-refractivity contribution in [2.24, 2.45) is 0 Å². The van der Waals surface area contributed by atoms with Crippen LogP contribution in [0.3, 0.4) is 0 Å². The maximum Gasteiger partial charge on any atom is 0.360 e. The average molecular weight is 252 g/mol. The number of nitrogen functional groups attached to an aromatic ring is 1. The standard InChI is InChI=1S/C11H16N4O3/c1-3-18-11(17)9-10(12)15(6(2)14-9)7-4-8(16)13-5-7/h7H,3-5,12H2,1-2H3,(H,13,16). The summed E-state index contributed by atoms with van der Waals surface area (Å²) in [7, 11) is 0. The fourth-order valence-corrected chi connectivity index (χ4v) is 2.14. The van der Waals surface area contributed by atoms with Crippen LogP contribution in [0, 0.1) is 6.92 Å². The monoisotopic (exact) mass is 252 g/mol. The Morgan fingerprint density at radius 3 is 2.94 bits per heavy atom. The number of hydrogen-bond acceptors (Lipinski definition) is 5. The van der Waals surface area contributed by atoms with E-state index in [1.807, 2.05) is 0 Å². The summed E-state index contributed by atoms with van der Waals surface area (Å²) in [6.45, 7) is 4.25. The molecular formula is C11H16N4O3. The fourth-order valence-electron chi connectivity index (χ4n) is 2.14. The highest BCUT2D eigenvalue weighted by Crippen LogP contribution is 2.25. The molecule has 18 heavy (non-hydrogen) atoms. The van der Waals surface area contributed by atoms with Gasteiger partial charge in [-0.2, -0.15) is 0 Å². The minimum absolute atomic E-state index is 0.0230. The number of nitrogens with two attached hydrogens (primary N) is 1. The van der Waals surface area contributed by atoms with E-state index < -0.39 is 5.97 Å². The van der Waals surface area contributed by atoms with Crippen LogP contribution in [0.4, 0.5) is 5.82 Å². The van der Waals surface area contributed by atoms with E-state index in [4.69, 9.17) is 10.5 Å². The molecule has 0 radical (unpaired) electrons. The zero-order valence-electron chi connectivity index (χ0n) is 10.4. The van der Waals surface area contributed by atoms with Gasteiger partial charge in [-0.25, -0.2) is 9.78 Å². The lowest BCUT2D eigenvalue weighted by Gasteiger charge is -2.13. The van der Waals surface area contributed by atoms with Crippen molar-refractivity contribution in [1.82, 2.24) is 14.9 Å². The Balaban J connectivity index is 2.32. The van der Waals surface area contributed by atoms with Gasteiger partial charge in [0, 0.05) is 13.0 Å². The molecule has 1 aromatic rings. The van der Waals surface area contributed by atoms with Crippen LogP contribution in [0.1, 0.15) is 35.7 Å². The number of carbonyl (C=O) groups excluding carboxylic acids is 2. The van der Waals surface area contributed by atoms with Gasteiger partial charge >= 0.3 is 5.97 Å². The third kappa shape index (κ3) is 2.03. The number of anilines is 1. The number of esters is 1. The lowest BCUT2D eigenvalue weighted by Crippen LogP contribution is -2.18. The summed E-state index contributed by atoms with van der Waals surface area (Å²) in [6.07, 6.45) is 0.351. The molecule has 1 saturated heterocycles. The van der Waals surface area contributed by atoms with Crippen LogP contribution in [0.15, 0.2) is 0 Å². The van der Waals surface area contributed by atoms with E-state index in [1.54, 1.807) is 18.4 Å². The molecule has 0 saturated carbocycles. The molecule has 1 fully saturated rings. The Morgan fingerprint density at radius 2 is 2.39 bits per heavy atom. The van der Waals surface area contributed by atoms with Gasteiger partial charge in [0.2, 0.25) is 5.91 Å². The van der Waals surface area contributed by atoms with Gasteiger partial charge in [-0.1, -0.05) is 0 Å². The average Bonchev–Trinajstić information content (AvgIpc) is 2.83. The number of hydrogen-bond donors (Lipinski definition) is 2. The summed E-state index contributed by atoms with van der Waals surface area (Å²) in [4.78, 5) is 27.0. The van der Waals surface area contributed by atoms with Crippen molar-refractivity contribution < 1.29 is 14.3 Å². The molecular weight excluding hydrogens is 236 g/mol. The lowest BCUT2D eigenvalue weighted by molar-refractivity contribution is -0.119. The first-order valence-electron chi connectivity index (χ1n) is 5.82. The third-order valence-corrected chi connectivity index (χ3v) is 2.91. The van der Waals surface area contributed by atoms with Crippen LogP contribution in [0.2, 0.25) is 0 Å². The van der Waals surface area contributed by atoms with Crippen molar-refractivity contribution in [3.8, 4) is 0 Å². The summed E-state index contributed by atoms with van der Waals surface area (Å²) < 4.78 is 6.60. The van der Waals surface area contributed by atoms with E-state index >= 15 is 0 Å². The van der Waals surface area contributed by atoms with E-state index in [1.165, 1.54) is 0 Å². The van der Waals surface area contributed by atoms with Gasteiger partial charge in [0.1, 0.15) is 11.6 Å². The second-order valence-electron chi connectivity index (χ2n) is 4.15. The van der Waals surface area contributed by atoms with Gasteiger partial charge in [-0.05, 0) is 13.8 Å². The maximum atomic E-state index is 11.6. The summed E-state index contributed by atoms with van der Waals surface area (Å²) >= 11 is 0. The summed E-state index contributed by atoms with van der Waals surface area (Å²) in [5.74, 6) is 0.309. The van der Waals surface area contributed by atoms with Gasteiger partial charge < -0.3 is 20.4 Å². The normalized spacial score (nSPS) is 18.8. The molecule has 0 aliphatic carbocycles. The molecule has 1 amide bonds. The molecule has 1 atom stereocenters. The molecule has 0 bridgehead atoms. The first-order chi connectivity index (χ1) is 8.54. The quantitative estimate of drug-likeness (QED) is 0.738. The second kappa shape index (κ2) is 4.67. The number of carbonyl (C=O) groups is 2. The Labute approximate surface area is 104 Å². The Kier molecular flexibility index (Phi) is 3.22. The van der Waals surface area contributed by atoms with Crippen molar-refractivity contribution >= 4 is 17.7 Å². The molecule has 2 heterocycles. The Bertz CT molecular complexity index is 495. The van der Waals surface area contributed by atoms with E-state index in [-0.39, 0.29) is 30.1 Å². The number of nitrogens with zero attached hydrogens (tertiary/aromatic N) is 2. The smallest absolute Gasteiger partial charge is 0.360 e. The maximum absolute atomic E-state index is 11.6. The molecule has 3 N–H and O–H groups in total. The van der Waals surface area contributed by atoms with Gasteiger partial charge in [0.25, 0.3) is 0 Å². The van der Waals surface area contributed by atoms with E-state index in [0.29, 0.717) is 18.8 Å². The van der Waals surface area contributed by atoms with Crippen LogP contribution in [-0.2, 0) is 9.53 Å². The number of ether oxygens (including phenoxy) is 1. The van der Waals surface area contributed by atoms with Crippen LogP contribution in [-0.4, -0.2) is 34.6 Å². The number of rotatable bonds is 3. The molecule has 1 aliphatic rings. The molecule has 2 rings (SSSR count). The van der Waals surface area contributed by atoms with E-state index in [9.17, 15) is 9.59 Å². The van der Waals surface area contributed by atoms with Crippen molar-refractivity contribution in [3.63, 3.8) is 0 Å². The number of amides is 1. The molecule has 7 nitrogen and oxygen atoms in total. The molecule has 7 heteroatoms. The number of nitrogens with one attached hydrogen (secondary N) is 1. The largest absolute Gasteiger partial charge is 0.461 e. The first-order valence-corrected chi connectivity index (χ1v) is 5.82. The van der Waals surface area contributed by atoms with Crippen LogP contribution < -0.4 is 11.1 Å². The number of imidazole rings is 1. The summed E-state index contributed by atoms with van der Waals surface area (Å²) in [6, 6.07) is -0.0897. The predicted octanol–water partition coefficient (Wildman–Crippen LogP) is 0.0114. The fraction of sp³-hybridized carbons (Fsp3) is 0.545. The van der Waals surface area contributed by atoms with Gasteiger partial charge in [0.05, 0.1) is 12.6 Å². The second-order valence-corrected chi connectivity index (χ2v) is 4.15. The molecule has 0 spiro atoms. The highest BCUT2D eigenvalue weighted by molar-refractivity contribution is 5.92. The minimum Gasteiger partial charge on any atom is -0.461 e. The van der Waals surface area contributed by atoms with Gasteiger partial charge in [0.15, 0.2) is 5.69 Å². The predicted molar refractivity (Wildman–Crippen MR) is 64.0 cm³/mol. The van der Waals surface area contributed by atoms with Gasteiger partial charge in [-0.15, -0.1) is 0 Å². The Hall–Kier alpha value is -2.05. The zero-order valence-corrected chi connectivity index (χ0v) is 10.4. The van der Waals surface area contributed by atoms with Crippen molar-refractivity contribution in [3.05, 3.63) is 11.5 Å². The number of aromatic nitrogens is 2. The molecule has 1 unspecified atom stereocenters. The topological polar surface area (TPSA) is 99.2 Å². The van der Waals surface area contributed by atoms with Crippen molar-refractivity contribution in [2.45, 2.75) is 26.3 Å². The highest BCUT2D eigenvalue weighted by atomic mass is 16.5. The van der Waals surface area contributed by atoms with Crippen molar-refractivity contribution in [2.75, 3.05) is 18.9 Å². The molecule has 0 aromatic carbocycles. The summed E-state index contributed by atoms with van der Waals surface area (Å²) in [5, 5.41) is 2.73. The van der Waals surface area contributed by atoms with E-state index in [2.05, 4.69) is 10.3 Å². The number of aryl methyl sites for hydroxylation is 1. The molecule has 98 valence electrons. The van der Waals surface area contributed by atoms with Crippen LogP contribution >= 0.6 is 0 Å². The van der Waals surface area contributed by atoms with Crippen molar-refractivity contribution in [1.29, 1.82) is 0 Å². The molecule has 1 aromatic heterocycles. The SMILES string of the molecule is CCOC(=O)c1nc(C)n(C2CNC(=O)C2)c1N. The minimum atomic E-state index is -0.533. The van der Waals surface area contributed by atoms with Crippen LogP contribution in [0.25, 0.3) is 0 Å². The van der Waals surface area contributed by atoms with Gasteiger partial charge in [-0.3, -0.25) is 4.79 Å². The lowest BCUT2D eigenvalue weighted by atomic mass is 10.2. The van der Waals surface area contributed by atoms with Crippen LogP contribution in [0.5, 0.6) is 0 Å². The summed E-state index contributed by atoms with van der Waals surface area (Å²) in [5.41, 5.74) is 6.04. The zero-order chi connectivity index (χ0) is 13.3. The highest BCUT2D eigenvalue weighted by Gasteiger charge is 2.29. The third-order valence-electron chi connectivity index (χ3n) is 2.91. The van der Waals surface area contributed by atoms with E-state index in [0.717, 1.165) is 0 Å². The molecule has 1 aliphatic heterocycles. The first kappa shape index (κ1) is 12.4.